The quantitative estimate of drug-likeness (QED) is 0.308. The Bertz CT molecular complexity index is 110. The second kappa shape index (κ2) is 6.06. The van der Waals surface area contributed by atoms with Crippen molar-refractivity contribution in [2.75, 3.05) is 12.4 Å². The average molecular weight is 214 g/mol. The summed E-state index contributed by atoms with van der Waals surface area (Å²) in [7, 11) is 0. The van der Waals surface area contributed by atoms with Gasteiger partial charge in [-0.3, -0.25) is 0 Å². The molecule has 0 aliphatic carbocycles. The maximum absolute atomic E-state index is 9.24. The summed E-state index contributed by atoms with van der Waals surface area (Å²) in [5.41, 5.74) is 0. The van der Waals surface area contributed by atoms with Crippen molar-refractivity contribution >= 4 is 25.3 Å². The maximum atomic E-state index is 9.24. The molecule has 0 aromatic rings. The molecule has 4 atom stereocenters. The van der Waals surface area contributed by atoms with Gasteiger partial charge in [-0.15, -0.1) is 0 Å². The Balaban J connectivity index is 3.99. The highest BCUT2D eigenvalue weighted by Crippen LogP contribution is 2.10. The minimum atomic E-state index is -1.38. The maximum Gasteiger partial charge on any atom is 0.109 e. The van der Waals surface area contributed by atoms with Crippen molar-refractivity contribution in [1.29, 1.82) is 0 Å². The van der Waals surface area contributed by atoms with Crippen LogP contribution in [-0.2, 0) is 0 Å². The molecule has 4 nitrogen and oxygen atoms in total. The Labute approximate surface area is 82.1 Å². The molecule has 0 aromatic carbocycles. The number of aliphatic hydroxyl groups is 4. The van der Waals surface area contributed by atoms with E-state index in [0.29, 0.717) is 0 Å². The number of aliphatic hydroxyl groups excluding tert-OH is 4. The third-order valence-corrected chi connectivity index (χ3v) is 2.68. The van der Waals surface area contributed by atoms with Gasteiger partial charge in [0.1, 0.15) is 12.2 Å². The Hall–Kier alpha value is 0.540. The summed E-state index contributed by atoms with van der Waals surface area (Å²) >= 11 is 7.77. The van der Waals surface area contributed by atoms with Crippen LogP contribution >= 0.6 is 25.3 Å². The zero-order valence-electron chi connectivity index (χ0n) is 6.41. The minimum Gasteiger partial charge on any atom is -0.394 e. The first-order valence-corrected chi connectivity index (χ1v) is 4.63. The molecule has 0 aliphatic heterocycles. The lowest BCUT2D eigenvalue weighted by Crippen LogP contribution is -2.44. The van der Waals surface area contributed by atoms with E-state index in [0.717, 1.165) is 0 Å². The highest BCUT2D eigenvalue weighted by atomic mass is 32.1. The van der Waals surface area contributed by atoms with Crippen molar-refractivity contribution in [2.24, 2.45) is 0 Å². The molecule has 12 heavy (non-hydrogen) atoms. The first kappa shape index (κ1) is 12.5. The van der Waals surface area contributed by atoms with Crippen molar-refractivity contribution in [3.8, 4) is 0 Å². The summed E-state index contributed by atoms with van der Waals surface area (Å²) in [6.07, 6.45) is -3.91. The van der Waals surface area contributed by atoms with Crippen LogP contribution in [0, 0.1) is 0 Å². The van der Waals surface area contributed by atoms with Gasteiger partial charge in [0.2, 0.25) is 0 Å². The first-order chi connectivity index (χ1) is 5.54. The van der Waals surface area contributed by atoms with Gasteiger partial charge in [0.15, 0.2) is 0 Å². The molecule has 4 unspecified atom stereocenters. The third kappa shape index (κ3) is 3.51. The Morgan fingerprint density at radius 1 is 1.08 bits per heavy atom. The lowest BCUT2D eigenvalue weighted by atomic mass is 10.1. The second-order valence-corrected chi connectivity index (χ2v) is 3.51. The Morgan fingerprint density at radius 3 is 1.92 bits per heavy atom. The summed E-state index contributed by atoms with van der Waals surface area (Å²) in [6, 6.07) is 0. The molecule has 0 amide bonds. The molecule has 0 aromatic heterocycles. The van der Waals surface area contributed by atoms with Gasteiger partial charge < -0.3 is 20.4 Å². The number of hydrogen-bond donors (Lipinski definition) is 6. The van der Waals surface area contributed by atoms with E-state index in [2.05, 4.69) is 25.3 Å². The van der Waals surface area contributed by atoms with Crippen LogP contribution in [0.5, 0.6) is 0 Å². The molecular formula is C6H14O4S2. The number of hydrogen-bond acceptors (Lipinski definition) is 6. The molecule has 0 fully saturated rings. The molecular weight excluding hydrogens is 200 g/mol. The van der Waals surface area contributed by atoms with Crippen LogP contribution in [0.25, 0.3) is 0 Å². The zero-order valence-corrected chi connectivity index (χ0v) is 8.20. The summed E-state index contributed by atoms with van der Waals surface area (Å²) < 4.78 is 0. The van der Waals surface area contributed by atoms with Crippen LogP contribution in [0.2, 0.25) is 0 Å². The van der Waals surface area contributed by atoms with Crippen molar-refractivity contribution in [3.63, 3.8) is 0 Å². The lowest BCUT2D eigenvalue weighted by molar-refractivity contribution is -0.0744. The van der Waals surface area contributed by atoms with Gasteiger partial charge in [-0.05, 0) is 0 Å². The van der Waals surface area contributed by atoms with Crippen LogP contribution in [-0.4, -0.2) is 56.3 Å². The molecule has 6 heteroatoms. The highest BCUT2D eigenvalue weighted by Gasteiger charge is 2.28. The van der Waals surface area contributed by atoms with Crippen LogP contribution < -0.4 is 0 Å². The Morgan fingerprint density at radius 2 is 1.58 bits per heavy atom. The average Bonchev–Trinajstić information content (AvgIpc) is 2.12. The van der Waals surface area contributed by atoms with Gasteiger partial charge in [0.25, 0.3) is 0 Å². The van der Waals surface area contributed by atoms with Crippen molar-refractivity contribution in [3.05, 3.63) is 0 Å². The molecule has 0 saturated carbocycles. The number of rotatable bonds is 5. The van der Waals surface area contributed by atoms with E-state index in [-0.39, 0.29) is 5.75 Å². The van der Waals surface area contributed by atoms with E-state index in [1.165, 1.54) is 0 Å². The highest BCUT2D eigenvalue weighted by molar-refractivity contribution is 7.84. The van der Waals surface area contributed by atoms with Gasteiger partial charge in [-0.2, -0.15) is 25.3 Å². The van der Waals surface area contributed by atoms with E-state index in [1.807, 2.05) is 0 Å². The van der Waals surface area contributed by atoms with E-state index in [1.54, 1.807) is 0 Å². The lowest BCUT2D eigenvalue weighted by Gasteiger charge is -2.24. The SMILES string of the molecule is OCC(O)C(O)C(O)C(S)CS. The summed E-state index contributed by atoms with van der Waals surface area (Å²) in [6.45, 7) is -0.592. The fourth-order valence-electron chi connectivity index (χ4n) is 0.671. The zero-order chi connectivity index (χ0) is 9.72. The van der Waals surface area contributed by atoms with E-state index in [4.69, 9.17) is 15.3 Å². The van der Waals surface area contributed by atoms with Gasteiger partial charge >= 0.3 is 0 Å². The molecule has 0 rings (SSSR count). The van der Waals surface area contributed by atoms with Crippen molar-refractivity contribution < 1.29 is 20.4 Å². The summed E-state index contributed by atoms with van der Waals surface area (Å²) in [5.74, 6) is 0.277. The van der Waals surface area contributed by atoms with Gasteiger partial charge in [0, 0.05) is 11.0 Å². The summed E-state index contributed by atoms with van der Waals surface area (Å²) in [5, 5.41) is 35.2. The molecule has 4 N–H and O–H groups in total. The standard InChI is InChI=1S/C6H14O4S2/c7-1-3(8)5(9)6(10)4(12)2-11/h3-12H,1-2H2. The first-order valence-electron chi connectivity index (χ1n) is 3.48. The number of thiol groups is 2. The molecule has 0 aliphatic rings. The molecule has 0 radical (unpaired) electrons. The molecule has 74 valence electrons. The van der Waals surface area contributed by atoms with E-state index < -0.39 is 30.2 Å². The van der Waals surface area contributed by atoms with Gasteiger partial charge in [-0.25, -0.2) is 0 Å². The minimum absolute atomic E-state index is 0.277. The van der Waals surface area contributed by atoms with Gasteiger partial charge in [-0.1, -0.05) is 0 Å². The smallest absolute Gasteiger partial charge is 0.109 e. The van der Waals surface area contributed by atoms with Crippen LogP contribution in [0.15, 0.2) is 0 Å². The predicted molar refractivity (Wildman–Crippen MR) is 51.7 cm³/mol. The van der Waals surface area contributed by atoms with E-state index >= 15 is 0 Å². The molecule has 0 spiro atoms. The Kier molecular flexibility index (Phi) is 6.34. The second-order valence-electron chi connectivity index (χ2n) is 2.48. The normalized spacial score (nSPS) is 21.5. The molecule has 0 bridgehead atoms. The fraction of sp³-hybridized carbons (Fsp3) is 1.00. The van der Waals surface area contributed by atoms with Crippen LogP contribution in [0.3, 0.4) is 0 Å². The van der Waals surface area contributed by atoms with Gasteiger partial charge in [0.05, 0.1) is 12.7 Å². The fourth-order valence-corrected chi connectivity index (χ4v) is 1.06. The summed E-state index contributed by atoms with van der Waals surface area (Å²) in [4.78, 5) is 0. The molecule has 0 saturated heterocycles. The largest absolute Gasteiger partial charge is 0.394 e. The van der Waals surface area contributed by atoms with Crippen molar-refractivity contribution in [2.45, 2.75) is 23.6 Å². The van der Waals surface area contributed by atoms with Crippen LogP contribution in [0.4, 0.5) is 0 Å². The predicted octanol–water partition coefficient (Wildman–Crippen LogP) is -1.71. The third-order valence-electron chi connectivity index (χ3n) is 1.51. The van der Waals surface area contributed by atoms with E-state index in [9.17, 15) is 5.11 Å². The monoisotopic (exact) mass is 214 g/mol. The van der Waals surface area contributed by atoms with Crippen LogP contribution in [0.1, 0.15) is 0 Å². The van der Waals surface area contributed by atoms with Crippen molar-refractivity contribution in [1.82, 2.24) is 0 Å². The molecule has 0 heterocycles. The topological polar surface area (TPSA) is 80.9 Å².